The summed E-state index contributed by atoms with van der Waals surface area (Å²) in [5.74, 6) is 1.25. The second-order valence-electron chi connectivity index (χ2n) is 5.13. The van der Waals surface area contributed by atoms with Gasteiger partial charge in [-0.1, -0.05) is 19.4 Å². The second-order valence-corrected chi connectivity index (χ2v) is 5.13. The zero-order chi connectivity index (χ0) is 15.9. The highest BCUT2D eigenvalue weighted by Gasteiger charge is 2.08. The van der Waals surface area contributed by atoms with E-state index < -0.39 is 6.10 Å². The highest BCUT2D eigenvalue weighted by Crippen LogP contribution is 2.22. The number of nitrogens with zero attached hydrogens (tertiary/aromatic N) is 1. The predicted octanol–water partition coefficient (Wildman–Crippen LogP) is 2.93. The van der Waals surface area contributed by atoms with Gasteiger partial charge in [0.2, 0.25) is 5.89 Å². The predicted molar refractivity (Wildman–Crippen MR) is 84.6 cm³/mol. The normalized spacial score (nSPS) is 12.0. The number of hydrogen-bond donors (Lipinski definition) is 3. The molecule has 0 saturated carbocycles. The van der Waals surface area contributed by atoms with Gasteiger partial charge in [-0.15, -0.1) is 0 Å². The van der Waals surface area contributed by atoms with Crippen molar-refractivity contribution >= 4 is 11.7 Å². The summed E-state index contributed by atoms with van der Waals surface area (Å²) in [5.41, 5.74) is 1.42. The molecule has 2 amide bonds. The number of amides is 2. The molecule has 0 aliphatic carbocycles. The smallest absolute Gasteiger partial charge is 0.319 e. The van der Waals surface area contributed by atoms with Crippen LogP contribution in [0.4, 0.5) is 10.5 Å². The van der Waals surface area contributed by atoms with Crippen molar-refractivity contribution < 1.29 is 14.3 Å². The summed E-state index contributed by atoms with van der Waals surface area (Å²) < 4.78 is 5.46. The third-order valence-electron chi connectivity index (χ3n) is 3.11. The Morgan fingerprint density at radius 2 is 2.27 bits per heavy atom. The molecule has 3 N–H and O–H groups in total. The first-order chi connectivity index (χ1) is 10.6. The Bertz CT molecular complexity index is 625. The molecule has 6 heteroatoms. The lowest BCUT2D eigenvalue weighted by Crippen LogP contribution is -2.35. The van der Waals surface area contributed by atoms with Gasteiger partial charge < -0.3 is 20.2 Å². The van der Waals surface area contributed by atoms with E-state index in [0.717, 1.165) is 17.7 Å². The Balaban J connectivity index is 1.94. The van der Waals surface area contributed by atoms with Gasteiger partial charge >= 0.3 is 6.03 Å². The minimum Gasteiger partial charge on any atom is -0.441 e. The number of oxazole rings is 1. The van der Waals surface area contributed by atoms with E-state index in [9.17, 15) is 9.90 Å². The van der Waals surface area contributed by atoms with Crippen molar-refractivity contribution in [3.63, 3.8) is 0 Å². The van der Waals surface area contributed by atoms with Crippen molar-refractivity contribution in [2.24, 2.45) is 0 Å². The van der Waals surface area contributed by atoms with Crippen LogP contribution < -0.4 is 10.6 Å². The number of rotatable bonds is 6. The average molecular weight is 303 g/mol. The molecule has 118 valence electrons. The molecule has 1 aromatic carbocycles. The van der Waals surface area contributed by atoms with Crippen molar-refractivity contribution in [2.75, 3.05) is 11.9 Å². The quantitative estimate of drug-likeness (QED) is 0.765. The number of urea groups is 1. The zero-order valence-corrected chi connectivity index (χ0v) is 12.8. The van der Waals surface area contributed by atoms with E-state index in [1.807, 2.05) is 26.0 Å². The van der Waals surface area contributed by atoms with E-state index in [-0.39, 0.29) is 12.6 Å². The average Bonchev–Trinajstić information content (AvgIpc) is 2.92. The van der Waals surface area contributed by atoms with Crippen LogP contribution in [-0.4, -0.2) is 28.8 Å². The molecule has 2 aromatic rings. The van der Waals surface area contributed by atoms with E-state index >= 15 is 0 Å². The summed E-state index contributed by atoms with van der Waals surface area (Å²) in [5, 5.41) is 15.0. The van der Waals surface area contributed by atoms with E-state index in [2.05, 4.69) is 15.6 Å². The molecule has 0 fully saturated rings. The van der Waals surface area contributed by atoms with E-state index in [1.54, 1.807) is 18.3 Å². The van der Waals surface area contributed by atoms with Gasteiger partial charge in [0.25, 0.3) is 0 Å². The van der Waals surface area contributed by atoms with Crippen molar-refractivity contribution in [1.29, 1.82) is 0 Å². The van der Waals surface area contributed by atoms with E-state index in [1.165, 1.54) is 0 Å². The van der Waals surface area contributed by atoms with Gasteiger partial charge in [0.1, 0.15) is 5.76 Å². The highest BCUT2D eigenvalue weighted by molar-refractivity contribution is 5.89. The van der Waals surface area contributed by atoms with Crippen LogP contribution in [0, 0.1) is 6.92 Å². The van der Waals surface area contributed by atoms with Gasteiger partial charge in [-0.05, 0) is 31.5 Å². The summed E-state index contributed by atoms with van der Waals surface area (Å²) in [4.78, 5) is 16.0. The van der Waals surface area contributed by atoms with Crippen LogP contribution in [0.3, 0.4) is 0 Å². The zero-order valence-electron chi connectivity index (χ0n) is 12.8. The minimum atomic E-state index is -0.516. The van der Waals surface area contributed by atoms with Crippen molar-refractivity contribution in [2.45, 2.75) is 32.8 Å². The summed E-state index contributed by atoms with van der Waals surface area (Å²) in [7, 11) is 0. The first-order valence-corrected chi connectivity index (χ1v) is 7.34. The maximum Gasteiger partial charge on any atom is 0.319 e. The lowest BCUT2D eigenvalue weighted by Gasteiger charge is -2.12. The standard InChI is InChI=1S/C16H21N3O3/c1-3-5-14(20)10-18-16(21)19-13-7-4-6-12(8-13)15-17-9-11(2)22-15/h4,6-9,14,20H,3,5,10H2,1-2H3,(H2,18,19,21). The Kier molecular flexibility index (Phi) is 5.55. The lowest BCUT2D eigenvalue weighted by atomic mass is 10.2. The van der Waals surface area contributed by atoms with Crippen LogP contribution >= 0.6 is 0 Å². The first kappa shape index (κ1) is 16.0. The molecule has 22 heavy (non-hydrogen) atoms. The number of carbonyl (C=O) groups excluding carboxylic acids is 1. The molecule has 0 radical (unpaired) electrons. The molecule has 1 aromatic heterocycles. The fraction of sp³-hybridized carbons (Fsp3) is 0.375. The Morgan fingerprint density at radius 3 is 2.95 bits per heavy atom. The van der Waals surface area contributed by atoms with Gasteiger partial charge in [-0.3, -0.25) is 0 Å². The fourth-order valence-electron chi connectivity index (χ4n) is 2.04. The van der Waals surface area contributed by atoms with Crippen LogP contribution in [0.5, 0.6) is 0 Å². The molecule has 1 atom stereocenters. The number of aliphatic hydroxyl groups is 1. The van der Waals surface area contributed by atoms with E-state index in [4.69, 9.17) is 4.42 Å². The number of aromatic nitrogens is 1. The Morgan fingerprint density at radius 1 is 1.45 bits per heavy atom. The van der Waals surface area contributed by atoms with Gasteiger partial charge in [0.05, 0.1) is 12.3 Å². The molecule has 0 bridgehead atoms. The molecule has 0 aliphatic heterocycles. The maximum atomic E-state index is 11.8. The molecular weight excluding hydrogens is 282 g/mol. The number of nitrogens with one attached hydrogen (secondary N) is 2. The molecule has 0 spiro atoms. The first-order valence-electron chi connectivity index (χ1n) is 7.34. The lowest BCUT2D eigenvalue weighted by molar-refractivity contribution is 0.162. The van der Waals surface area contributed by atoms with Crippen molar-refractivity contribution in [3.05, 3.63) is 36.2 Å². The number of aryl methyl sites for hydroxylation is 1. The number of carbonyl (C=O) groups is 1. The molecule has 0 aliphatic rings. The summed E-state index contributed by atoms with van der Waals surface area (Å²) in [6.07, 6.45) is 2.68. The van der Waals surface area contributed by atoms with Gasteiger partial charge in [-0.2, -0.15) is 0 Å². The maximum absolute atomic E-state index is 11.8. The monoisotopic (exact) mass is 303 g/mol. The minimum absolute atomic E-state index is 0.234. The molecular formula is C16H21N3O3. The van der Waals surface area contributed by atoms with Crippen molar-refractivity contribution in [1.82, 2.24) is 10.3 Å². The third-order valence-corrected chi connectivity index (χ3v) is 3.11. The summed E-state index contributed by atoms with van der Waals surface area (Å²) >= 11 is 0. The van der Waals surface area contributed by atoms with Gasteiger partial charge in [0.15, 0.2) is 0 Å². The van der Waals surface area contributed by atoms with Crippen LogP contribution in [0.1, 0.15) is 25.5 Å². The number of aliphatic hydroxyl groups excluding tert-OH is 1. The molecule has 2 rings (SSSR count). The topological polar surface area (TPSA) is 87.4 Å². The molecule has 0 saturated heterocycles. The number of anilines is 1. The van der Waals surface area contributed by atoms with Crippen LogP contribution in [0.2, 0.25) is 0 Å². The summed E-state index contributed by atoms with van der Waals surface area (Å²) in [6.45, 7) is 4.05. The number of benzene rings is 1. The Labute approximate surface area is 129 Å². The highest BCUT2D eigenvalue weighted by atomic mass is 16.4. The molecule has 1 unspecified atom stereocenters. The van der Waals surface area contributed by atoms with Crippen molar-refractivity contribution in [3.8, 4) is 11.5 Å². The van der Waals surface area contributed by atoms with Gasteiger partial charge in [-0.25, -0.2) is 9.78 Å². The number of hydrogen-bond acceptors (Lipinski definition) is 4. The van der Waals surface area contributed by atoms with Crippen LogP contribution in [0.25, 0.3) is 11.5 Å². The van der Waals surface area contributed by atoms with E-state index in [0.29, 0.717) is 18.0 Å². The van der Waals surface area contributed by atoms with Gasteiger partial charge in [0, 0.05) is 17.8 Å². The SMILES string of the molecule is CCCC(O)CNC(=O)Nc1cccc(-c2ncc(C)o2)c1. The summed E-state index contributed by atoms with van der Waals surface area (Å²) in [6, 6.07) is 6.89. The second kappa shape index (κ2) is 7.61. The largest absolute Gasteiger partial charge is 0.441 e. The van der Waals surface area contributed by atoms with Crippen LogP contribution in [0.15, 0.2) is 34.9 Å². The van der Waals surface area contributed by atoms with Crippen LogP contribution in [-0.2, 0) is 0 Å². The third kappa shape index (κ3) is 4.60. The fourth-order valence-corrected chi connectivity index (χ4v) is 2.04. The molecule has 1 heterocycles. The Hall–Kier alpha value is -2.34. The molecule has 6 nitrogen and oxygen atoms in total.